The molecule has 1 unspecified atom stereocenters. The Labute approximate surface area is 83.9 Å². The molecule has 0 saturated carbocycles. The summed E-state index contributed by atoms with van der Waals surface area (Å²) >= 11 is 0. The van der Waals surface area contributed by atoms with Gasteiger partial charge in [0.05, 0.1) is 0 Å². The van der Waals surface area contributed by atoms with Crippen molar-refractivity contribution >= 4 is 16.2 Å². The third kappa shape index (κ3) is 3.60. The van der Waals surface area contributed by atoms with Crippen LogP contribution in [0.5, 0.6) is 0 Å². The third-order valence-electron chi connectivity index (χ3n) is 1.85. The van der Waals surface area contributed by atoms with Crippen molar-refractivity contribution in [3.63, 3.8) is 0 Å². The van der Waals surface area contributed by atoms with Crippen molar-refractivity contribution in [1.29, 1.82) is 0 Å². The van der Waals surface area contributed by atoms with Crippen molar-refractivity contribution in [2.45, 2.75) is 32.2 Å². The first kappa shape index (κ1) is 13.3. The Kier molecular flexibility index (Phi) is 4.50. The predicted octanol–water partition coefficient (Wildman–Crippen LogP) is -0.316. The second kappa shape index (κ2) is 4.72. The predicted molar refractivity (Wildman–Crippen MR) is 52.1 cm³/mol. The van der Waals surface area contributed by atoms with Crippen LogP contribution in [0.25, 0.3) is 0 Å². The van der Waals surface area contributed by atoms with Gasteiger partial charge in [0.25, 0.3) is 10.2 Å². The van der Waals surface area contributed by atoms with Crippen molar-refractivity contribution in [2.75, 3.05) is 7.05 Å². The Bertz CT molecular complexity index is 301. The molecule has 3 N–H and O–H groups in total. The number of carboxylic acids is 1. The smallest absolute Gasteiger partial charge is 0.324 e. The van der Waals surface area contributed by atoms with Crippen LogP contribution in [0.4, 0.5) is 0 Å². The molecule has 0 aromatic heterocycles. The van der Waals surface area contributed by atoms with Gasteiger partial charge in [-0.05, 0) is 13.3 Å². The summed E-state index contributed by atoms with van der Waals surface area (Å²) in [7, 11) is -2.51. The fraction of sp³-hybridized carbons (Fsp3) is 0.857. The number of nitrogens with one attached hydrogen (secondary N) is 2. The summed E-state index contributed by atoms with van der Waals surface area (Å²) in [6.07, 6.45) is 0.818. The second-order valence-corrected chi connectivity index (χ2v) is 4.82. The zero-order chi connectivity index (χ0) is 11.4. The van der Waals surface area contributed by atoms with E-state index in [-0.39, 0.29) is 6.42 Å². The van der Waals surface area contributed by atoms with Crippen LogP contribution in [0.3, 0.4) is 0 Å². The number of carbonyl (C=O) groups is 1. The summed E-state index contributed by atoms with van der Waals surface area (Å²) in [6.45, 7) is 3.13. The minimum Gasteiger partial charge on any atom is -0.480 e. The highest BCUT2D eigenvalue weighted by molar-refractivity contribution is 7.87. The molecule has 0 saturated heterocycles. The summed E-state index contributed by atoms with van der Waals surface area (Å²) in [5.74, 6) is -1.18. The molecule has 0 spiro atoms. The molecule has 0 heterocycles. The lowest BCUT2D eigenvalue weighted by Crippen LogP contribution is -2.54. The molecule has 6 nitrogen and oxygen atoms in total. The average Bonchev–Trinajstić information content (AvgIpc) is 2.03. The lowest BCUT2D eigenvalue weighted by molar-refractivity contribution is -0.143. The van der Waals surface area contributed by atoms with Crippen LogP contribution in [0.2, 0.25) is 0 Å². The van der Waals surface area contributed by atoms with E-state index in [9.17, 15) is 13.2 Å². The van der Waals surface area contributed by atoms with Crippen molar-refractivity contribution in [2.24, 2.45) is 0 Å². The van der Waals surface area contributed by atoms with Gasteiger partial charge in [0, 0.05) is 7.05 Å². The highest BCUT2D eigenvalue weighted by Crippen LogP contribution is 2.13. The lowest BCUT2D eigenvalue weighted by atomic mass is 9.98. The normalized spacial score (nSPS) is 16.2. The molecule has 0 fully saturated rings. The van der Waals surface area contributed by atoms with Gasteiger partial charge in [0.2, 0.25) is 0 Å². The van der Waals surface area contributed by atoms with Gasteiger partial charge in [0.15, 0.2) is 0 Å². The fourth-order valence-electron chi connectivity index (χ4n) is 1.05. The Hall–Kier alpha value is -0.660. The summed E-state index contributed by atoms with van der Waals surface area (Å²) in [5.41, 5.74) is -1.45. The lowest BCUT2D eigenvalue weighted by Gasteiger charge is -2.24. The molecule has 84 valence electrons. The van der Waals surface area contributed by atoms with Gasteiger partial charge in [-0.1, -0.05) is 13.3 Å². The van der Waals surface area contributed by atoms with Crippen LogP contribution >= 0.6 is 0 Å². The molecule has 14 heavy (non-hydrogen) atoms. The van der Waals surface area contributed by atoms with Crippen LogP contribution in [0.15, 0.2) is 0 Å². The first-order valence-corrected chi connectivity index (χ1v) is 5.71. The van der Waals surface area contributed by atoms with Gasteiger partial charge in [-0.2, -0.15) is 13.1 Å². The maximum Gasteiger partial charge on any atom is 0.324 e. The molecule has 0 bridgehead atoms. The first-order chi connectivity index (χ1) is 6.27. The maximum absolute atomic E-state index is 11.1. The Balaban J connectivity index is 4.79. The van der Waals surface area contributed by atoms with E-state index in [1.807, 2.05) is 4.72 Å². The first-order valence-electron chi connectivity index (χ1n) is 4.23. The van der Waals surface area contributed by atoms with E-state index in [1.54, 1.807) is 6.92 Å². The molecule has 0 aromatic carbocycles. The maximum atomic E-state index is 11.1. The van der Waals surface area contributed by atoms with E-state index in [0.717, 1.165) is 0 Å². The number of carboxylic acid groups (broad SMARTS) is 1. The van der Waals surface area contributed by atoms with E-state index in [0.29, 0.717) is 6.42 Å². The molecular formula is C7H16N2O4S. The van der Waals surface area contributed by atoms with Crippen LogP contribution < -0.4 is 9.44 Å². The molecular weight excluding hydrogens is 208 g/mol. The molecule has 0 aliphatic rings. The Morgan fingerprint density at radius 1 is 1.50 bits per heavy atom. The van der Waals surface area contributed by atoms with Crippen molar-refractivity contribution in [3.05, 3.63) is 0 Å². The molecule has 0 rings (SSSR count). The summed E-state index contributed by atoms with van der Waals surface area (Å²) in [4.78, 5) is 10.9. The Morgan fingerprint density at radius 2 is 2.00 bits per heavy atom. The van der Waals surface area contributed by atoms with Crippen LogP contribution in [-0.4, -0.2) is 32.1 Å². The number of aliphatic carboxylic acids is 1. The molecule has 0 radical (unpaired) electrons. The van der Waals surface area contributed by atoms with Crippen molar-refractivity contribution in [1.82, 2.24) is 9.44 Å². The quantitative estimate of drug-likeness (QED) is 0.576. The van der Waals surface area contributed by atoms with Crippen molar-refractivity contribution in [3.8, 4) is 0 Å². The summed E-state index contributed by atoms with van der Waals surface area (Å²) in [5, 5.41) is 8.87. The van der Waals surface area contributed by atoms with E-state index in [4.69, 9.17) is 5.11 Å². The molecule has 0 aliphatic heterocycles. The zero-order valence-corrected chi connectivity index (χ0v) is 9.31. The molecule has 0 aliphatic carbocycles. The van der Waals surface area contributed by atoms with Crippen LogP contribution in [0.1, 0.15) is 26.7 Å². The largest absolute Gasteiger partial charge is 0.480 e. The summed E-state index contributed by atoms with van der Waals surface area (Å²) < 4.78 is 26.3. The average molecular weight is 224 g/mol. The van der Waals surface area contributed by atoms with Gasteiger partial charge in [-0.15, -0.1) is 0 Å². The SMILES string of the molecule is CCCC(C)(NS(=O)(=O)NC)C(=O)O. The standard InChI is InChI=1S/C7H16N2O4S/c1-4-5-7(2,6(10)11)9-14(12,13)8-3/h8-9H,4-5H2,1-3H3,(H,10,11). The minimum absolute atomic E-state index is 0.239. The van der Waals surface area contributed by atoms with Crippen LogP contribution in [-0.2, 0) is 15.0 Å². The van der Waals surface area contributed by atoms with Gasteiger partial charge < -0.3 is 5.11 Å². The second-order valence-electron chi connectivity index (χ2n) is 3.20. The topological polar surface area (TPSA) is 95.5 Å². The van der Waals surface area contributed by atoms with Gasteiger partial charge >= 0.3 is 5.97 Å². The van der Waals surface area contributed by atoms with E-state index in [1.165, 1.54) is 14.0 Å². The third-order valence-corrected chi connectivity index (χ3v) is 3.11. The number of rotatable bonds is 6. The molecule has 1 atom stereocenters. The van der Waals surface area contributed by atoms with Crippen LogP contribution in [0, 0.1) is 0 Å². The minimum atomic E-state index is -3.73. The van der Waals surface area contributed by atoms with Gasteiger partial charge in [-0.3, -0.25) is 4.79 Å². The van der Waals surface area contributed by atoms with E-state index in [2.05, 4.69) is 4.72 Å². The molecule has 0 amide bonds. The number of hydrogen-bond acceptors (Lipinski definition) is 3. The fourth-order valence-corrected chi connectivity index (χ4v) is 1.93. The van der Waals surface area contributed by atoms with Gasteiger partial charge in [0.1, 0.15) is 5.54 Å². The highest BCUT2D eigenvalue weighted by atomic mass is 32.2. The highest BCUT2D eigenvalue weighted by Gasteiger charge is 2.35. The monoisotopic (exact) mass is 224 g/mol. The van der Waals surface area contributed by atoms with Crippen molar-refractivity contribution < 1.29 is 18.3 Å². The Morgan fingerprint density at radius 3 is 2.29 bits per heavy atom. The molecule has 7 heteroatoms. The molecule has 0 aromatic rings. The van der Waals surface area contributed by atoms with E-state index >= 15 is 0 Å². The number of hydrogen-bond donors (Lipinski definition) is 3. The zero-order valence-electron chi connectivity index (χ0n) is 8.49. The van der Waals surface area contributed by atoms with Gasteiger partial charge in [-0.25, -0.2) is 4.72 Å². The summed E-state index contributed by atoms with van der Waals surface area (Å²) in [6, 6.07) is 0. The van der Waals surface area contributed by atoms with E-state index < -0.39 is 21.7 Å².